The number of nitrogens with one attached hydrogen (secondary N) is 2. The number of rotatable bonds is 6. The van der Waals surface area contributed by atoms with Crippen LogP contribution in [-0.2, 0) is 11.3 Å². The van der Waals surface area contributed by atoms with E-state index in [9.17, 15) is 0 Å². The monoisotopic (exact) mass is 270 g/mol. The third kappa shape index (κ3) is 5.01. The van der Waals surface area contributed by atoms with Crippen molar-refractivity contribution in [2.45, 2.75) is 27.3 Å². The highest BCUT2D eigenvalue weighted by atomic mass is 32.1. The molecule has 0 aromatic carbocycles. The summed E-state index contributed by atoms with van der Waals surface area (Å²) in [6.45, 7) is 9.03. The quantitative estimate of drug-likeness (QED) is 0.467. The molecule has 6 heteroatoms. The van der Waals surface area contributed by atoms with Crippen molar-refractivity contribution in [2.75, 3.05) is 26.8 Å². The first kappa shape index (κ1) is 14.9. The van der Waals surface area contributed by atoms with Crippen molar-refractivity contribution in [3.05, 3.63) is 15.6 Å². The van der Waals surface area contributed by atoms with Gasteiger partial charge in [-0.1, -0.05) is 0 Å². The molecule has 0 fully saturated rings. The Kier molecular flexibility index (Phi) is 6.67. The number of aliphatic imine (C=N–C) groups is 1. The summed E-state index contributed by atoms with van der Waals surface area (Å²) in [4.78, 5) is 10.2. The second-order valence-corrected chi connectivity index (χ2v) is 5.15. The van der Waals surface area contributed by atoms with E-state index >= 15 is 0 Å². The molecule has 0 aliphatic carbocycles. The molecule has 18 heavy (non-hydrogen) atoms. The van der Waals surface area contributed by atoms with Crippen LogP contribution in [0.5, 0.6) is 0 Å². The van der Waals surface area contributed by atoms with Gasteiger partial charge in [0, 0.05) is 25.1 Å². The van der Waals surface area contributed by atoms with Gasteiger partial charge in [0.1, 0.15) is 5.01 Å². The summed E-state index contributed by atoms with van der Waals surface area (Å²) in [6.07, 6.45) is 0. The molecule has 1 aromatic rings. The number of ether oxygens (including phenoxy) is 1. The molecule has 0 atom stereocenters. The molecule has 102 valence electrons. The van der Waals surface area contributed by atoms with Crippen molar-refractivity contribution in [1.82, 2.24) is 15.6 Å². The van der Waals surface area contributed by atoms with Crippen LogP contribution in [0.2, 0.25) is 0 Å². The minimum atomic E-state index is 0.613. The maximum Gasteiger partial charge on any atom is 0.191 e. The average Bonchev–Trinajstić information content (AvgIpc) is 2.66. The maximum absolute atomic E-state index is 5.00. The second-order valence-electron chi connectivity index (χ2n) is 3.86. The fraction of sp³-hybridized carbons (Fsp3) is 0.667. The van der Waals surface area contributed by atoms with Crippen LogP contribution < -0.4 is 10.6 Å². The Hall–Kier alpha value is -1.14. The molecule has 1 rings (SSSR count). The lowest BCUT2D eigenvalue weighted by molar-refractivity contribution is 0.203. The largest absolute Gasteiger partial charge is 0.383 e. The first-order chi connectivity index (χ1) is 8.67. The van der Waals surface area contributed by atoms with E-state index in [-0.39, 0.29) is 0 Å². The topological polar surface area (TPSA) is 58.5 Å². The van der Waals surface area contributed by atoms with Crippen LogP contribution in [-0.4, -0.2) is 37.7 Å². The predicted octanol–water partition coefficient (Wildman–Crippen LogP) is 1.46. The fourth-order valence-corrected chi connectivity index (χ4v) is 2.23. The van der Waals surface area contributed by atoms with Gasteiger partial charge in [-0.05, 0) is 20.8 Å². The molecule has 0 aliphatic heterocycles. The van der Waals surface area contributed by atoms with Crippen LogP contribution >= 0.6 is 11.3 Å². The standard InChI is InChI=1S/C12H22N4OS/c1-5-13-12(14-6-7-17-4)15-8-11-16-9(2)10(3)18-11/h5-8H2,1-4H3,(H2,13,14,15). The van der Waals surface area contributed by atoms with E-state index in [4.69, 9.17) is 4.74 Å². The van der Waals surface area contributed by atoms with E-state index in [1.165, 1.54) is 4.88 Å². The molecule has 2 N–H and O–H groups in total. The number of methoxy groups -OCH3 is 1. The van der Waals surface area contributed by atoms with E-state index in [1.807, 2.05) is 13.8 Å². The highest BCUT2D eigenvalue weighted by Gasteiger charge is 2.03. The van der Waals surface area contributed by atoms with Gasteiger partial charge in [-0.3, -0.25) is 0 Å². The summed E-state index contributed by atoms with van der Waals surface area (Å²) in [5.74, 6) is 0.806. The fourth-order valence-electron chi connectivity index (χ4n) is 1.37. The molecular weight excluding hydrogens is 248 g/mol. The molecule has 0 bridgehead atoms. The molecule has 0 aliphatic rings. The first-order valence-corrected chi connectivity index (χ1v) is 6.93. The van der Waals surface area contributed by atoms with E-state index in [0.29, 0.717) is 13.2 Å². The van der Waals surface area contributed by atoms with E-state index < -0.39 is 0 Å². The van der Waals surface area contributed by atoms with Crippen LogP contribution in [0.3, 0.4) is 0 Å². The molecule has 1 aromatic heterocycles. The van der Waals surface area contributed by atoms with Gasteiger partial charge < -0.3 is 15.4 Å². The van der Waals surface area contributed by atoms with Crippen LogP contribution in [0.1, 0.15) is 22.5 Å². The van der Waals surface area contributed by atoms with Gasteiger partial charge in [0.25, 0.3) is 0 Å². The molecule has 0 amide bonds. The molecule has 0 spiro atoms. The van der Waals surface area contributed by atoms with Crippen LogP contribution in [0.25, 0.3) is 0 Å². The Morgan fingerprint density at radius 3 is 2.72 bits per heavy atom. The molecule has 0 unspecified atom stereocenters. The smallest absolute Gasteiger partial charge is 0.191 e. The second kappa shape index (κ2) is 8.05. The minimum Gasteiger partial charge on any atom is -0.383 e. The van der Waals surface area contributed by atoms with Crippen LogP contribution in [0, 0.1) is 13.8 Å². The molecule has 5 nitrogen and oxygen atoms in total. The number of guanidine groups is 1. The van der Waals surface area contributed by atoms with Crippen LogP contribution in [0.15, 0.2) is 4.99 Å². The summed E-state index contributed by atoms with van der Waals surface area (Å²) >= 11 is 1.70. The Balaban J connectivity index is 2.53. The summed E-state index contributed by atoms with van der Waals surface area (Å²) in [6, 6.07) is 0. The van der Waals surface area contributed by atoms with Gasteiger partial charge >= 0.3 is 0 Å². The Morgan fingerprint density at radius 1 is 1.39 bits per heavy atom. The van der Waals surface area contributed by atoms with Gasteiger partial charge in [-0.2, -0.15) is 0 Å². The lowest BCUT2D eigenvalue weighted by Gasteiger charge is -2.10. The molecular formula is C12H22N4OS. The summed E-state index contributed by atoms with van der Waals surface area (Å²) in [7, 11) is 1.69. The molecule has 1 heterocycles. The van der Waals surface area contributed by atoms with Gasteiger partial charge in [-0.25, -0.2) is 9.98 Å². The van der Waals surface area contributed by atoms with Gasteiger partial charge in [-0.15, -0.1) is 11.3 Å². The number of hydrogen-bond donors (Lipinski definition) is 2. The SMILES string of the molecule is CCNC(=NCc1nc(C)c(C)s1)NCCOC. The van der Waals surface area contributed by atoms with Crippen LogP contribution in [0.4, 0.5) is 0 Å². The van der Waals surface area contributed by atoms with Gasteiger partial charge in [0.15, 0.2) is 5.96 Å². The Morgan fingerprint density at radius 2 is 2.17 bits per heavy atom. The average molecular weight is 270 g/mol. The molecule has 0 saturated heterocycles. The lowest BCUT2D eigenvalue weighted by Crippen LogP contribution is -2.38. The van der Waals surface area contributed by atoms with Crippen molar-refractivity contribution < 1.29 is 4.74 Å². The first-order valence-electron chi connectivity index (χ1n) is 6.11. The van der Waals surface area contributed by atoms with Crippen molar-refractivity contribution >= 4 is 17.3 Å². The third-order valence-corrected chi connectivity index (χ3v) is 3.45. The zero-order chi connectivity index (χ0) is 13.4. The Bertz CT molecular complexity index is 370. The minimum absolute atomic E-state index is 0.613. The van der Waals surface area contributed by atoms with E-state index in [1.54, 1.807) is 18.4 Å². The summed E-state index contributed by atoms with van der Waals surface area (Å²) < 4.78 is 5.00. The highest BCUT2D eigenvalue weighted by Crippen LogP contribution is 2.16. The lowest BCUT2D eigenvalue weighted by atomic mass is 10.4. The zero-order valence-corrected chi connectivity index (χ0v) is 12.4. The number of hydrogen-bond acceptors (Lipinski definition) is 4. The molecule has 0 saturated carbocycles. The molecule has 0 radical (unpaired) electrons. The van der Waals surface area contributed by atoms with Crippen molar-refractivity contribution in [2.24, 2.45) is 4.99 Å². The van der Waals surface area contributed by atoms with E-state index in [2.05, 4.69) is 27.5 Å². The zero-order valence-electron chi connectivity index (χ0n) is 11.5. The number of nitrogens with zero attached hydrogens (tertiary/aromatic N) is 2. The maximum atomic E-state index is 5.00. The van der Waals surface area contributed by atoms with Crippen molar-refractivity contribution in [1.29, 1.82) is 0 Å². The number of aryl methyl sites for hydroxylation is 2. The third-order valence-electron chi connectivity index (χ3n) is 2.39. The van der Waals surface area contributed by atoms with Gasteiger partial charge in [0.2, 0.25) is 0 Å². The van der Waals surface area contributed by atoms with Crippen molar-refractivity contribution in [3.8, 4) is 0 Å². The summed E-state index contributed by atoms with van der Waals surface area (Å²) in [5.41, 5.74) is 1.10. The Labute approximate surface area is 113 Å². The van der Waals surface area contributed by atoms with Crippen molar-refractivity contribution in [3.63, 3.8) is 0 Å². The number of thiazole rings is 1. The summed E-state index contributed by atoms with van der Waals surface area (Å²) in [5, 5.41) is 7.45. The highest BCUT2D eigenvalue weighted by molar-refractivity contribution is 7.11. The van der Waals surface area contributed by atoms with E-state index in [0.717, 1.165) is 29.8 Å². The predicted molar refractivity (Wildman–Crippen MR) is 76.3 cm³/mol. The normalized spacial score (nSPS) is 11.7. The number of aromatic nitrogens is 1. The van der Waals surface area contributed by atoms with Gasteiger partial charge in [0.05, 0.1) is 18.8 Å².